The second-order valence-corrected chi connectivity index (χ2v) is 5.10. The highest BCUT2D eigenvalue weighted by Crippen LogP contribution is 2.38. The van der Waals surface area contributed by atoms with Crippen LogP contribution in [0.4, 0.5) is 13.2 Å². The van der Waals surface area contributed by atoms with Gasteiger partial charge in [0, 0.05) is 16.4 Å². The van der Waals surface area contributed by atoms with Gasteiger partial charge in [0.2, 0.25) is 0 Å². The van der Waals surface area contributed by atoms with Crippen molar-refractivity contribution in [2.45, 2.75) is 31.0 Å². The second-order valence-electron chi connectivity index (χ2n) is 5.10. The van der Waals surface area contributed by atoms with Gasteiger partial charge in [-0.2, -0.15) is 13.2 Å². The average Bonchev–Trinajstić information content (AvgIpc) is 2.82. The molecule has 0 radical (unpaired) electrons. The van der Waals surface area contributed by atoms with E-state index in [-0.39, 0.29) is 5.54 Å². The Balaban J connectivity index is 2.07. The molecule has 2 nitrogen and oxygen atoms in total. The highest BCUT2D eigenvalue weighted by molar-refractivity contribution is 5.84. The molecule has 3 N–H and O–H groups in total. The molecule has 1 aromatic heterocycles. The molecule has 0 unspecified atom stereocenters. The third kappa shape index (κ3) is 1.99. The molecule has 0 aliphatic heterocycles. The van der Waals surface area contributed by atoms with Crippen LogP contribution in [0.2, 0.25) is 0 Å². The lowest BCUT2D eigenvalue weighted by atomic mass is 10.0. The highest BCUT2D eigenvalue weighted by atomic mass is 19.4. The minimum atomic E-state index is -4.34. The number of alkyl halides is 3. The van der Waals surface area contributed by atoms with E-state index in [0.29, 0.717) is 17.3 Å². The SMILES string of the molecule is NC1(Cc2cccc3[nH]c(C(F)(F)F)cc23)CC1. The van der Waals surface area contributed by atoms with Crippen molar-refractivity contribution in [3.8, 4) is 0 Å². The summed E-state index contributed by atoms with van der Waals surface area (Å²) in [6.07, 6.45) is -1.81. The molecule has 18 heavy (non-hydrogen) atoms. The lowest BCUT2D eigenvalue weighted by Gasteiger charge is -2.09. The molecule has 0 amide bonds. The van der Waals surface area contributed by atoms with Gasteiger partial charge in [-0.05, 0) is 37.0 Å². The number of halogens is 3. The molecule has 5 heteroatoms. The van der Waals surface area contributed by atoms with Crippen LogP contribution in [0.5, 0.6) is 0 Å². The zero-order valence-corrected chi connectivity index (χ0v) is 9.64. The number of H-pyrrole nitrogens is 1. The first kappa shape index (κ1) is 11.6. The number of fused-ring (bicyclic) bond motifs is 1. The van der Waals surface area contributed by atoms with Gasteiger partial charge in [0.05, 0.1) is 0 Å². The number of aromatic nitrogens is 1. The van der Waals surface area contributed by atoms with Gasteiger partial charge in [-0.15, -0.1) is 0 Å². The summed E-state index contributed by atoms with van der Waals surface area (Å²) in [5.74, 6) is 0. The molecule has 96 valence electrons. The van der Waals surface area contributed by atoms with Crippen LogP contribution in [-0.2, 0) is 12.6 Å². The predicted octanol–water partition coefficient (Wildman–Crippen LogP) is 3.22. The Morgan fingerprint density at radius 2 is 2.00 bits per heavy atom. The fourth-order valence-electron chi connectivity index (χ4n) is 2.24. The van der Waals surface area contributed by atoms with E-state index in [4.69, 9.17) is 5.73 Å². The van der Waals surface area contributed by atoms with E-state index in [1.165, 1.54) is 6.07 Å². The molecule has 0 spiro atoms. The molecule has 2 aromatic rings. The molecule has 1 saturated carbocycles. The lowest BCUT2D eigenvalue weighted by molar-refractivity contribution is -0.140. The fraction of sp³-hybridized carbons (Fsp3) is 0.385. The van der Waals surface area contributed by atoms with E-state index in [1.807, 2.05) is 6.07 Å². The van der Waals surface area contributed by atoms with Crippen LogP contribution in [0.1, 0.15) is 24.1 Å². The number of rotatable bonds is 2. The van der Waals surface area contributed by atoms with Crippen LogP contribution in [0.25, 0.3) is 10.9 Å². The number of hydrogen-bond acceptors (Lipinski definition) is 1. The van der Waals surface area contributed by atoms with E-state index in [0.717, 1.165) is 18.4 Å². The van der Waals surface area contributed by atoms with Crippen molar-refractivity contribution in [3.63, 3.8) is 0 Å². The summed E-state index contributed by atoms with van der Waals surface area (Å²) in [5.41, 5.74) is 6.53. The van der Waals surface area contributed by atoms with Crippen LogP contribution in [0.3, 0.4) is 0 Å². The van der Waals surface area contributed by atoms with Crippen molar-refractivity contribution in [2.24, 2.45) is 5.73 Å². The number of nitrogens with one attached hydrogen (secondary N) is 1. The summed E-state index contributed by atoms with van der Waals surface area (Å²) in [7, 11) is 0. The van der Waals surface area contributed by atoms with E-state index >= 15 is 0 Å². The summed E-state index contributed by atoms with van der Waals surface area (Å²) >= 11 is 0. The monoisotopic (exact) mass is 254 g/mol. The molecule has 1 aliphatic carbocycles. The minimum Gasteiger partial charge on any atom is -0.351 e. The van der Waals surface area contributed by atoms with Crippen LogP contribution < -0.4 is 5.73 Å². The number of hydrogen-bond donors (Lipinski definition) is 2. The highest BCUT2D eigenvalue weighted by Gasteiger charge is 2.39. The maximum absolute atomic E-state index is 12.7. The van der Waals surface area contributed by atoms with Crippen molar-refractivity contribution < 1.29 is 13.2 Å². The van der Waals surface area contributed by atoms with Crippen LogP contribution in [0.15, 0.2) is 24.3 Å². The average molecular weight is 254 g/mol. The van der Waals surface area contributed by atoms with Gasteiger partial charge in [0.25, 0.3) is 0 Å². The fourth-order valence-corrected chi connectivity index (χ4v) is 2.24. The van der Waals surface area contributed by atoms with Crippen molar-refractivity contribution in [1.29, 1.82) is 0 Å². The van der Waals surface area contributed by atoms with E-state index < -0.39 is 11.9 Å². The third-order valence-corrected chi connectivity index (χ3v) is 3.49. The zero-order valence-electron chi connectivity index (χ0n) is 9.64. The molecule has 0 bridgehead atoms. The predicted molar refractivity (Wildman–Crippen MR) is 63.2 cm³/mol. The Morgan fingerprint density at radius 1 is 1.28 bits per heavy atom. The van der Waals surface area contributed by atoms with E-state index in [1.54, 1.807) is 12.1 Å². The molecule has 1 aliphatic rings. The van der Waals surface area contributed by atoms with Crippen LogP contribution in [0, 0.1) is 0 Å². The van der Waals surface area contributed by atoms with Gasteiger partial charge >= 0.3 is 6.18 Å². The van der Waals surface area contributed by atoms with Crippen LogP contribution >= 0.6 is 0 Å². The molecule has 1 heterocycles. The summed E-state index contributed by atoms with van der Waals surface area (Å²) in [6.45, 7) is 0. The quantitative estimate of drug-likeness (QED) is 0.848. The van der Waals surface area contributed by atoms with Gasteiger partial charge in [-0.25, -0.2) is 0 Å². The van der Waals surface area contributed by atoms with Gasteiger partial charge in [0.15, 0.2) is 0 Å². The van der Waals surface area contributed by atoms with Crippen molar-refractivity contribution in [2.75, 3.05) is 0 Å². The maximum atomic E-state index is 12.7. The van der Waals surface area contributed by atoms with Gasteiger partial charge in [-0.1, -0.05) is 12.1 Å². The molecule has 0 atom stereocenters. The first-order valence-electron chi connectivity index (χ1n) is 5.84. The summed E-state index contributed by atoms with van der Waals surface area (Å²) in [6, 6.07) is 6.45. The number of aromatic amines is 1. The lowest BCUT2D eigenvalue weighted by Crippen LogP contribution is -2.24. The Hall–Kier alpha value is -1.49. The number of benzene rings is 1. The number of nitrogens with two attached hydrogens (primary N) is 1. The van der Waals surface area contributed by atoms with E-state index in [2.05, 4.69) is 4.98 Å². The summed E-state index contributed by atoms with van der Waals surface area (Å²) < 4.78 is 38.0. The standard InChI is InChI=1S/C13H13F3N2/c14-13(15,16)11-6-9-8(7-12(17)4-5-12)2-1-3-10(9)18-11/h1-3,6,18H,4-5,7,17H2. The summed E-state index contributed by atoms with van der Waals surface area (Å²) in [5, 5.41) is 0.626. The smallest absolute Gasteiger partial charge is 0.351 e. The Bertz CT molecular complexity index is 594. The molecule has 3 rings (SSSR count). The van der Waals surface area contributed by atoms with Crippen molar-refractivity contribution in [3.05, 3.63) is 35.5 Å². The first-order chi connectivity index (χ1) is 8.37. The molecular weight excluding hydrogens is 241 g/mol. The second kappa shape index (κ2) is 3.51. The largest absolute Gasteiger partial charge is 0.431 e. The van der Waals surface area contributed by atoms with Gasteiger partial charge in [-0.3, -0.25) is 0 Å². The van der Waals surface area contributed by atoms with Gasteiger partial charge < -0.3 is 10.7 Å². The third-order valence-electron chi connectivity index (χ3n) is 3.49. The maximum Gasteiger partial charge on any atom is 0.431 e. The van der Waals surface area contributed by atoms with Gasteiger partial charge in [0.1, 0.15) is 5.69 Å². The normalized spacial score (nSPS) is 18.2. The Morgan fingerprint density at radius 3 is 2.61 bits per heavy atom. The van der Waals surface area contributed by atoms with Crippen molar-refractivity contribution in [1.82, 2.24) is 4.98 Å². The molecule has 1 aromatic carbocycles. The minimum absolute atomic E-state index is 0.204. The zero-order chi connectivity index (χ0) is 13.0. The molecular formula is C13H13F3N2. The van der Waals surface area contributed by atoms with E-state index in [9.17, 15) is 13.2 Å². The molecule has 1 fully saturated rings. The van der Waals surface area contributed by atoms with Crippen molar-refractivity contribution >= 4 is 10.9 Å². The first-order valence-corrected chi connectivity index (χ1v) is 5.84. The summed E-state index contributed by atoms with van der Waals surface area (Å²) in [4.78, 5) is 2.42. The Labute approximate surface area is 102 Å². The van der Waals surface area contributed by atoms with Crippen LogP contribution in [-0.4, -0.2) is 10.5 Å². The topological polar surface area (TPSA) is 41.8 Å². The Kier molecular flexibility index (Phi) is 2.26. The molecule has 0 saturated heterocycles.